The third-order valence-electron chi connectivity index (χ3n) is 2.38. The summed E-state index contributed by atoms with van der Waals surface area (Å²) in [6.45, 7) is 0.446. The van der Waals surface area contributed by atoms with Gasteiger partial charge in [-0.1, -0.05) is 30.3 Å². The Morgan fingerprint density at radius 1 is 1.20 bits per heavy atom. The number of cyclic esters (lactones) is 1. The second kappa shape index (κ2) is 4.59. The van der Waals surface area contributed by atoms with E-state index in [-0.39, 0.29) is 5.97 Å². The Labute approximate surface area is 91.5 Å². The molecule has 0 saturated carbocycles. The highest BCUT2D eigenvalue weighted by molar-refractivity contribution is 7.27. The Hall–Kier alpha value is -1.14. The first-order valence-corrected chi connectivity index (χ1v) is 5.52. The lowest BCUT2D eigenvalue weighted by atomic mass is 10.1. The van der Waals surface area contributed by atoms with Gasteiger partial charge in [0.05, 0.1) is 0 Å². The molecule has 0 aliphatic carbocycles. The van der Waals surface area contributed by atoms with Crippen LogP contribution in [0.15, 0.2) is 29.8 Å². The second-order valence-corrected chi connectivity index (χ2v) is 4.30. The van der Waals surface area contributed by atoms with Crippen LogP contribution in [-0.4, -0.2) is 12.6 Å². The molecule has 0 amide bonds. The fraction of sp³-hybridized carbons (Fsp3) is 0.250. The highest BCUT2D eigenvalue weighted by Gasteiger charge is 2.12. The SMILES string of the molecule is O=C1CC/C(=C\c2ccc(P)cc2)CO1. The van der Waals surface area contributed by atoms with Crippen LogP contribution in [0, 0.1) is 0 Å². The summed E-state index contributed by atoms with van der Waals surface area (Å²) in [6.07, 6.45) is 3.42. The van der Waals surface area contributed by atoms with Gasteiger partial charge in [-0.25, -0.2) is 0 Å². The number of carbonyl (C=O) groups excluding carboxylic acids is 1. The van der Waals surface area contributed by atoms with Crippen LogP contribution in [0.5, 0.6) is 0 Å². The van der Waals surface area contributed by atoms with Crippen LogP contribution in [0.2, 0.25) is 0 Å². The summed E-state index contributed by atoms with van der Waals surface area (Å²) in [5, 5.41) is 1.17. The average Bonchev–Trinajstić information content (AvgIpc) is 2.25. The van der Waals surface area contributed by atoms with Crippen LogP contribution in [-0.2, 0) is 9.53 Å². The first kappa shape index (κ1) is 10.4. The van der Waals surface area contributed by atoms with Gasteiger partial charge in [-0.2, -0.15) is 0 Å². The van der Waals surface area contributed by atoms with E-state index in [4.69, 9.17) is 4.74 Å². The van der Waals surface area contributed by atoms with Crippen molar-refractivity contribution < 1.29 is 9.53 Å². The molecule has 2 nitrogen and oxygen atoms in total. The van der Waals surface area contributed by atoms with Gasteiger partial charge in [0.1, 0.15) is 6.61 Å². The third kappa shape index (κ3) is 2.90. The molecule has 2 rings (SSSR count). The molecule has 1 aliphatic heterocycles. The smallest absolute Gasteiger partial charge is 0.306 e. The van der Waals surface area contributed by atoms with E-state index >= 15 is 0 Å². The van der Waals surface area contributed by atoms with Gasteiger partial charge in [0.2, 0.25) is 0 Å². The number of rotatable bonds is 1. The molecule has 1 atom stereocenters. The van der Waals surface area contributed by atoms with Crippen molar-refractivity contribution in [1.29, 1.82) is 0 Å². The Bertz CT molecular complexity index is 381. The Balaban J connectivity index is 2.09. The molecule has 3 heteroatoms. The molecule has 1 aliphatic rings. The summed E-state index contributed by atoms with van der Waals surface area (Å²) < 4.78 is 4.98. The van der Waals surface area contributed by atoms with Crippen molar-refractivity contribution in [2.24, 2.45) is 0 Å². The Kier molecular flexibility index (Phi) is 3.17. The molecule has 78 valence electrons. The summed E-state index contributed by atoms with van der Waals surface area (Å²) >= 11 is 0. The molecule has 15 heavy (non-hydrogen) atoms. The van der Waals surface area contributed by atoms with Crippen molar-refractivity contribution in [2.75, 3.05) is 6.61 Å². The zero-order chi connectivity index (χ0) is 10.7. The Morgan fingerprint density at radius 2 is 1.93 bits per heavy atom. The fourth-order valence-electron chi connectivity index (χ4n) is 1.52. The largest absolute Gasteiger partial charge is 0.461 e. The van der Waals surface area contributed by atoms with Crippen molar-refractivity contribution in [1.82, 2.24) is 0 Å². The van der Waals surface area contributed by atoms with Crippen molar-refractivity contribution >= 4 is 26.6 Å². The first-order chi connectivity index (χ1) is 7.24. The van der Waals surface area contributed by atoms with Gasteiger partial charge in [0.25, 0.3) is 0 Å². The van der Waals surface area contributed by atoms with Gasteiger partial charge in [0.15, 0.2) is 0 Å². The van der Waals surface area contributed by atoms with E-state index < -0.39 is 0 Å². The maximum atomic E-state index is 10.9. The second-order valence-electron chi connectivity index (χ2n) is 3.63. The summed E-state index contributed by atoms with van der Waals surface area (Å²) in [4.78, 5) is 10.9. The van der Waals surface area contributed by atoms with Crippen molar-refractivity contribution in [2.45, 2.75) is 12.8 Å². The molecule has 1 aromatic carbocycles. The minimum Gasteiger partial charge on any atom is -0.461 e. The maximum Gasteiger partial charge on any atom is 0.306 e. The number of esters is 1. The lowest BCUT2D eigenvalue weighted by Gasteiger charge is -2.14. The highest BCUT2D eigenvalue weighted by Crippen LogP contribution is 2.16. The highest BCUT2D eigenvalue weighted by atomic mass is 31.0. The molecular formula is C12H13O2P. The Morgan fingerprint density at radius 3 is 2.53 bits per heavy atom. The van der Waals surface area contributed by atoms with Crippen LogP contribution in [0.25, 0.3) is 6.08 Å². The monoisotopic (exact) mass is 220 g/mol. The van der Waals surface area contributed by atoms with Crippen molar-refractivity contribution in [3.05, 3.63) is 35.4 Å². The van der Waals surface area contributed by atoms with Gasteiger partial charge < -0.3 is 4.74 Å². The molecule has 0 aromatic heterocycles. The van der Waals surface area contributed by atoms with Gasteiger partial charge in [-0.05, 0) is 22.9 Å². The number of ether oxygens (including phenoxy) is 1. The molecule has 0 spiro atoms. The predicted octanol–water partition coefficient (Wildman–Crippen LogP) is 1.91. The summed E-state index contributed by atoms with van der Waals surface area (Å²) in [5.41, 5.74) is 2.35. The normalized spacial score (nSPS) is 19.0. The lowest BCUT2D eigenvalue weighted by molar-refractivity contribution is -0.144. The molecule has 1 fully saturated rings. The summed E-state index contributed by atoms with van der Waals surface area (Å²) in [6, 6.07) is 8.22. The van der Waals surface area contributed by atoms with Gasteiger partial charge in [0, 0.05) is 6.42 Å². The van der Waals surface area contributed by atoms with Crippen LogP contribution in [0.1, 0.15) is 18.4 Å². The fourth-order valence-corrected chi connectivity index (χ4v) is 1.71. The number of hydrogen-bond donors (Lipinski definition) is 0. The molecule has 0 radical (unpaired) electrons. The number of hydrogen-bond acceptors (Lipinski definition) is 2. The zero-order valence-corrected chi connectivity index (χ0v) is 9.56. The third-order valence-corrected chi connectivity index (χ3v) is 2.76. The van der Waals surface area contributed by atoms with E-state index in [1.165, 1.54) is 10.9 Å². The minimum atomic E-state index is -0.0903. The van der Waals surface area contributed by atoms with E-state index in [1.807, 2.05) is 12.1 Å². The molecule has 0 N–H and O–H groups in total. The quantitative estimate of drug-likeness (QED) is 0.533. The van der Waals surface area contributed by atoms with E-state index in [9.17, 15) is 4.79 Å². The average molecular weight is 220 g/mol. The van der Waals surface area contributed by atoms with Crippen LogP contribution in [0.3, 0.4) is 0 Å². The molecule has 1 unspecified atom stereocenters. The molecule has 1 heterocycles. The molecule has 1 saturated heterocycles. The van der Waals surface area contributed by atoms with Crippen molar-refractivity contribution in [3.63, 3.8) is 0 Å². The van der Waals surface area contributed by atoms with Gasteiger partial charge >= 0.3 is 5.97 Å². The molecule has 1 aromatic rings. The van der Waals surface area contributed by atoms with E-state index in [2.05, 4.69) is 27.4 Å². The first-order valence-electron chi connectivity index (χ1n) is 4.94. The van der Waals surface area contributed by atoms with E-state index in [1.54, 1.807) is 0 Å². The summed E-state index contributed by atoms with van der Waals surface area (Å²) in [7, 11) is 2.66. The summed E-state index contributed by atoms with van der Waals surface area (Å²) in [5.74, 6) is -0.0903. The topological polar surface area (TPSA) is 26.3 Å². The van der Waals surface area contributed by atoms with Gasteiger partial charge in [-0.3, -0.25) is 4.79 Å². The van der Waals surface area contributed by atoms with Crippen molar-refractivity contribution in [3.8, 4) is 0 Å². The lowest BCUT2D eigenvalue weighted by Crippen LogP contribution is -2.14. The minimum absolute atomic E-state index is 0.0903. The standard InChI is InChI=1S/C12H13O2P/c13-12-6-3-10(8-14-12)7-9-1-4-11(15)5-2-9/h1-2,4-5,7H,3,6,8,15H2/b10-7+. The maximum absolute atomic E-state index is 10.9. The zero-order valence-electron chi connectivity index (χ0n) is 8.40. The van der Waals surface area contributed by atoms with Crippen LogP contribution in [0.4, 0.5) is 0 Å². The van der Waals surface area contributed by atoms with E-state index in [0.29, 0.717) is 13.0 Å². The van der Waals surface area contributed by atoms with Crippen LogP contribution >= 0.6 is 9.24 Å². The number of carbonyl (C=O) groups is 1. The molecule has 0 bridgehead atoms. The predicted molar refractivity (Wildman–Crippen MR) is 64.0 cm³/mol. The van der Waals surface area contributed by atoms with Gasteiger partial charge in [-0.15, -0.1) is 9.24 Å². The molecular weight excluding hydrogens is 207 g/mol. The van der Waals surface area contributed by atoms with Crippen LogP contribution < -0.4 is 5.30 Å². The van der Waals surface area contributed by atoms with E-state index in [0.717, 1.165) is 12.0 Å². The number of benzene rings is 1.